The molecule has 1 aromatic rings. The summed E-state index contributed by atoms with van der Waals surface area (Å²) in [5.74, 6) is -4.39. The van der Waals surface area contributed by atoms with Gasteiger partial charge in [0.05, 0.1) is 5.57 Å². The molecular formula is C12H9F2IO3. The van der Waals surface area contributed by atoms with Crippen LogP contribution in [0.2, 0.25) is 0 Å². The van der Waals surface area contributed by atoms with Gasteiger partial charge in [-0.15, -0.1) is 0 Å². The molecule has 1 unspecified atom stereocenters. The summed E-state index contributed by atoms with van der Waals surface area (Å²) < 4.78 is 32.7. The molecule has 6 heteroatoms. The molecule has 0 aromatic heterocycles. The van der Waals surface area contributed by atoms with Crippen LogP contribution >= 0.6 is 22.6 Å². The van der Waals surface area contributed by atoms with Crippen molar-refractivity contribution in [1.82, 2.24) is 0 Å². The maximum Gasteiger partial charge on any atom is 0.335 e. The Balaban J connectivity index is 2.53. The Bertz CT molecular complexity index is 535. The standard InChI is InChI=1S/C12H9F2IO3/c1-12(13,14)10-8(11(16)17)5-6-4-7(15)2-3-9(6)18-10/h2-5,10H,1H3,(H,16,17). The number of rotatable bonds is 2. The molecular weight excluding hydrogens is 357 g/mol. The third kappa shape index (κ3) is 2.47. The van der Waals surface area contributed by atoms with Gasteiger partial charge in [0.2, 0.25) is 0 Å². The van der Waals surface area contributed by atoms with Crippen LogP contribution < -0.4 is 4.74 Å². The molecule has 1 atom stereocenters. The molecule has 2 rings (SSSR count). The van der Waals surface area contributed by atoms with E-state index in [0.717, 1.165) is 3.57 Å². The summed E-state index contributed by atoms with van der Waals surface area (Å²) in [6.45, 7) is 0.645. The minimum absolute atomic E-state index is 0.270. The number of benzene rings is 1. The predicted octanol–water partition coefficient (Wildman–Crippen LogP) is 3.18. The molecule has 0 radical (unpaired) electrons. The maximum atomic E-state index is 13.4. The van der Waals surface area contributed by atoms with E-state index in [-0.39, 0.29) is 5.75 Å². The zero-order valence-electron chi connectivity index (χ0n) is 9.28. The molecule has 1 aliphatic rings. The molecule has 1 heterocycles. The number of aliphatic carboxylic acids is 1. The number of carboxylic acids is 1. The van der Waals surface area contributed by atoms with Gasteiger partial charge in [-0.05, 0) is 46.9 Å². The molecule has 1 aliphatic heterocycles. The lowest BCUT2D eigenvalue weighted by molar-refractivity contribution is -0.137. The zero-order valence-corrected chi connectivity index (χ0v) is 11.4. The third-order valence-corrected chi connectivity index (χ3v) is 3.19. The van der Waals surface area contributed by atoms with Crippen molar-refractivity contribution in [3.8, 4) is 5.75 Å². The fraction of sp³-hybridized carbons (Fsp3) is 0.250. The predicted molar refractivity (Wildman–Crippen MR) is 69.8 cm³/mol. The molecule has 3 nitrogen and oxygen atoms in total. The molecule has 96 valence electrons. The first-order chi connectivity index (χ1) is 8.29. The molecule has 0 fully saturated rings. The first-order valence-corrected chi connectivity index (χ1v) is 6.16. The summed E-state index contributed by atoms with van der Waals surface area (Å²) in [7, 11) is 0. The normalized spacial score (nSPS) is 18.7. The van der Waals surface area contributed by atoms with E-state index in [4.69, 9.17) is 9.84 Å². The van der Waals surface area contributed by atoms with Crippen molar-refractivity contribution in [3.05, 3.63) is 32.9 Å². The average molecular weight is 366 g/mol. The molecule has 18 heavy (non-hydrogen) atoms. The number of ether oxygens (including phenoxy) is 1. The SMILES string of the molecule is CC(F)(F)C1Oc2ccc(I)cc2C=C1C(=O)O. The Morgan fingerprint density at radius 1 is 1.50 bits per heavy atom. The highest BCUT2D eigenvalue weighted by Gasteiger charge is 2.43. The van der Waals surface area contributed by atoms with E-state index < -0.39 is 23.6 Å². The van der Waals surface area contributed by atoms with Gasteiger partial charge in [-0.25, -0.2) is 13.6 Å². The minimum atomic E-state index is -3.26. The van der Waals surface area contributed by atoms with Crippen molar-refractivity contribution in [3.63, 3.8) is 0 Å². The van der Waals surface area contributed by atoms with Crippen molar-refractivity contribution in [2.45, 2.75) is 19.0 Å². The van der Waals surface area contributed by atoms with Crippen LogP contribution in [-0.4, -0.2) is 23.1 Å². The Kier molecular flexibility index (Phi) is 3.31. The van der Waals surface area contributed by atoms with Crippen molar-refractivity contribution in [1.29, 1.82) is 0 Å². The van der Waals surface area contributed by atoms with Gasteiger partial charge >= 0.3 is 5.97 Å². The molecule has 0 aliphatic carbocycles. The zero-order chi connectivity index (χ0) is 13.5. The van der Waals surface area contributed by atoms with Crippen molar-refractivity contribution in [2.24, 2.45) is 0 Å². The second-order valence-corrected chi connectivity index (χ2v) is 5.29. The van der Waals surface area contributed by atoms with Crippen LogP contribution in [0.25, 0.3) is 6.08 Å². The van der Waals surface area contributed by atoms with E-state index >= 15 is 0 Å². The lowest BCUT2D eigenvalue weighted by atomic mass is 9.98. The average Bonchev–Trinajstić information content (AvgIpc) is 2.25. The van der Waals surface area contributed by atoms with E-state index in [1.165, 1.54) is 6.08 Å². The Labute approximate surface area is 116 Å². The number of carbonyl (C=O) groups is 1. The van der Waals surface area contributed by atoms with E-state index in [1.807, 2.05) is 0 Å². The third-order valence-electron chi connectivity index (χ3n) is 2.52. The highest BCUT2D eigenvalue weighted by Crippen LogP contribution is 2.36. The first-order valence-electron chi connectivity index (χ1n) is 5.08. The number of fused-ring (bicyclic) bond motifs is 1. The summed E-state index contributed by atoms with van der Waals surface area (Å²) in [5, 5.41) is 8.98. The van der Waals surface area contributed by atoms with E-state index in [0.29, 0.717) is 12.5 Å². The van der Waals surface area contributed by atoms with Crippen molar-refractivity contribution in [2.75, 3.05) is 0 Å². The monoisotopic (exact) mass is 366 g/mol. The lowest BCUT2D eigenvalue weighted by Crippen LogP contribution is -2.41. The number of alkyl halides is 2. The van der Waals surface area contributed by atoms with Gasteiger partial charge < -0.3 is 9.84 Å². The highest BCUT2D eigenvalue weighted by molar-refractivity contribution is 14.1. The van der Waals surface area contributed by atoms with E-state index in [2.05, 4.69) is 22.6 Å². The number of halogens is 3. The summed E-state index contributed by atoms with van der Waals surface area (Å²) in [6, 6.07) is 4.96. The van der Waals surface area contributed by atoms with Crippen molar-refractivity contribution >= 4 is 34.6 Å². The summed E-state index contributed by atoms with van der Waals surface area (Å²) >= 11 is 2.05. The van der Waals surface area contributed by atoms with E-state index in [9.17, 15) is 13.6 Å². The van der Waals surface area contributed by atoms with Gasteiger partial charge in [0.15, 0.2) is 6.10 Å². The molecule has 0 amide bonds. The molecule has 1 aromatic carbocycles. The fourth-order valence-corrected chi connectivity index (χ4v) is 2.24. The van der Waals surface area contributed by atoms with Crippen LogP contribution in [0.1, 0.15) is 12.5 Å². The lowest BCUT2D eigenvalue weighted by Gasteiger charge is -2.29. The van der Waals surface area contributed by atoms with Crippen LogP contribution in [0, 0.1) is 3.57 Å². The minimum Gasteiger partial charge on any atom is -0.478 e. The number of hydrogen-bond donors (Lipinski definition) is 1. The largest absolute Gasteiger partial charge is 0.478 e. The maximum absolute atomic E-state index is 13.4. The van der Waals surface area contributed by atoms with Crippen LogP contribution in [0.15, 0.2) is 23.8 Å². The van der Waals surface area contributed by atoms with Gasteiger partial charge in [0.1, 0.15) is 5.75 Å². The molecule has 0 bridgehead atoms. The van der Waals surface area contributed by atoms with Crippen LogP contribution in [0.5, 0.6) is 5.75 Å². The van der Waals surface area contributed by atoms with Crippen molar-refractivity contribution < 1.29 is 23.4 Å². The summed E-state index contributed by atoms with van der Waals surface area (Å²) in [6.07, 6.45) is -0.520. The summed E-state index contributed by atoms with van der Waals surface area (Å²) in [4.78, 5) is 11.0. The fourth-order valence-electron chi connectivity index (χ4n) is 1.72. The van der Waals surface area contributed by atoms with Gasteiger partial charge in [0.25, 0.3) is 5.92 Å². The van der Waals surface area contributed by atoms with Gasteiger partial charge in [0, 0.05) is 16.1 Å². The molecule has 0 saturated carbocycles. The smallest absolute Gasteiger partial charge is 0.335 e. The van der Waals surface area contributed by atoms with E-state index in [1.54, 1.807) is 18.2 Å². The second kappa shape index (κ2) is 4.49. The topological polar surface area (TPSA) is 46.5 Å². The quantitative estimate of drug-likeness (QED) is 0.818. The number of hydrogen-bond acceptors (Lipinski definition) is 2. The summed E-state index contributed by atoms with van der Waals surface area (Å²) in [5.41, 5.74) is 0.0665. The van der Waals surface area contributed by atoms with Crippen LogP contribution in [0.4, 0.5) is 8.78 Å². The first kappa shape index (κ1) is 13.3. The van der Waals surface area contributed by atoms with Crippen LogP contribution in [-0.2, 0) is 4.79 Å². The second-order valence-electron chi connectivity index (χ2n) is 4.04. The Hall–Kier alpha value is -1.18. The highest BCUT2D eigenvalue weighted by atomic mass is 127. The Morgan fingerprint density at radius 3 is 2.72 bits per heavy atom. The Morgan fingerprint density at radius 2 is 2.17 bits per heavy atom. The molecule has 0 spiro atoms. The van der Waals surface area contributed by atoms with Gasteiger partial charge in [-0.1, -0.05) is 0 Å². The molecule has 1 N–H and O–H groups in total. The van der Waals surface area contributed by atoms with Crippen LogP contribution in [0.3, 0.4) is 0 Å². The molecule has 0 saturated heterocycles. The van der Waals surface area contributed by atoms with Gasteiger partial charge in [-0.2, -0.15) is 0 Å². The number of carboxylic acid groups (broad SMARTS) is 1. The van der Waals surface area contributed by atoms with Gasteiger partial charge in [-0.3, -0.25) is 0 Å².